The van der Waals surface area contributed by atoms with Crippen LogP contribution in [0.4, 0.5) is 0 Å². The number of hydrogen-bond donors (Lipinski definition) is 1. The van der Waals surface area contributed by atoms with Gasteiger partial charge in [-0.25, -0.2) is 0 Å². The molecule has 0 bridgehead atoms. The average Bonchev–Trinajstić information content (AvgIpc) is 2.47. The van der Waals surface area contributed by atoms with Crippen molar-refractivity contribution in [2.75, 3.05) is 13.1 Å². The van der Waals surface area contributed by atoms with Crippen LogP contribution in [0.2, 0.25) is 0 Å². The molecule has 0 saturated heterocycles. The lowest BCUT2D eigenvalue weighted by atomic mass is 9.84. The maximum atomic E-state index is 13.0. The second kappa shape index (κ2) is 8.78. The minimum absolute atomic E-state index is 0.128. The summed E-state index contributed by atoms with van der Waals surface area (Å²) in [5, 5.41) is 0. The Kier molecular flexibility index (Phi) is 7.37. The maximum Gasteiger partial charge on any atom is 0.230 e. The highest BCUT2D eigenvalue weighted by atomic mass is 32.1. The smallest absolute Gasteiger partial charge is 0.230 e. The van der Waals surface area contributed by atoms with Crippen molar-refractivity contribution in [3.05, 3.63) is 35.9 Å². The standard InChI is InChI=1S/C17H26N2OS/c1-4-11-19(12-15(18)21)17(20)16(13(3)5-2)14-9-7-6-8-10-14/h6-10,13,16H,4-5,11-12H2,1-3H3,(H2,18,21). The molecule has 1 aromatic carbocycles. The summed E-state index contributed by atoms with van der Waals surface area (Å²) in [4.78, 5) is 15.1. The fourth-order valence-corrected chi connectivity index (χ4v) is 2.69. The third kappa shape index (κ3) is 5.12. The Balaban J connectivity index is 3.06. The molecule has 21 heavy (non-hydrogen) atoms. The molecule has 0 heterocycles. The van der Waals surface area contributed by atoms with E-state index in [1.165, 1.54) is 0 Å². The van der Waals surface area contributed by atoms with Gasteiger partial charge in [0.1, 0.15) is 0 Å². The van der Waals surface area contributed by atoms with Crippen LogP contribution in [0.15, 0.2) is 30.3 Å². The highest BCUT2D eigenvalue weighted by Gasteiger charge is 2.29. The average molecular weight is 306 g/mol. The molecule has 0 aliphatic carbocycles. The van der Waals surface area contributed by atoms with Crippen molar-refractivity contribution >= 4 is 23.1 Å². The Hall–Kier alpha value is -1.42. The Labute approximate surface area is 133 Å². The van der Waals surface area contributed by atoms with E-state index >= 15 is 0 Å². The first-order valence-corrected chi connectivity index (χ1v) is 8.04. The van der Waals surface area contributed by atoms with Crippen LogP contribution in [0.1, 0.15) is 45.1 Å². The van der Waals surface area contributed by atoms with Crippen LogP contribution >= 0.6 is 12.2 Å². The van der Waals surface area contributed by atoms with Gasteiger partial charge in [0, 0.05) is 6.54 Å². The molecule has 1 aromatic rings. The number of rotatable bonds is 8. The monoisotopic (exact) mass is 306 g/mol. The number of nitrogens with zero attached hydrogens (tertiary/aromatic N) is 1. The van der Waals surface area contributed by atoms with E-state index in [2.05, 4.69) is 20.8 Å². The molecule has 0 aliphatic heterocycles. The van der Waals surface area contributed by atoms with Crippen LogP contribution in [0.5, 0.6) is 0 Å². The molecule has 2 unspecified atom stereocenters. The molecular formula is C17H26N2OS. The summed E-state index contributed by atoms with van der Waals surface area (Å²) < 4.78 is 0. The van der Waals surface area contributed by atoms with Crippen molar-refractivity contribution in [3.8, 4) is 0 Å². The molecule has 0 fully saturated rings. The van der Waals surface area contributed by atoms with Gasteiger partial charge in [0.05, 0.1) is 17.5 Å². The van der Waals surface area contributed by atoms with E-state index in [9.17, 15) is 4.79 Å². The van der Waals surface area contributed by atoms with Crippen molar-refractivity contribution in [3.63, 3.8) is 0 Å². The van der Waals surface area contributed by atoms with Crippen molar-refractivity contribution in [1.29, 1.82) is 0 Å². The molecule has 2 atom stereocenters. The minimum Gasteiger partial charge on any atom is -0.392 e. The fraction of sp³-hybridized carbons (Fsp3) is 0.529. The Morgan fingerprint density at radius 1 is 1.29 bits per heavy atom. The summed E-state index contributed by atoms with van der Waals surface area (Å²) in [5.41, 5.74) is 6.72. The highest BCUT2D eigenvalue weighted by Crippen LogP contribution is 2.29. The predicted molar refractivity (Wildman–Crippen MR) is 92.3 cm³/mol. The topological polar surface area (TPSA) is 46.3 Å². The van der Waals surface area contributed by atoms with Gasteiger partial charge in [0.2, 0.25) is 5.91 Å². The third-order valence-electron chi connectivity index (χ3n) is 3.79. The second-order valence-corrected chi connectivity index (χ2v) is 6.02. The quantitative estimate of drug-likeness (QED) is 0.749. The van der Waals surface area contributed by atoms with Gasteiger partial charge in [-0.05, 0) is 17.9 Å². The van der Waals surface area contributed by atoms with Gasteiger partial charge in [0.25, 0.3) is 0 Å². The number of amides is 1. The van der Waals surface area contributed by atoms with Crippen LogP contribution < -0.4 is 5.73 Å². The first-order valence-electron chi connectivity index (χ1n) is 7.63. The summed E-state index contributed by atoms with van der Waals surface area (Å²) in [6, 6.07) is 9.99. The van der Waals surface area contributed by atoms with Gasteiger partial charge in [-0.1, -0.05) is 69.7 Å². The van der Waals surface area contributed by atoms with E-state index < -0.39 is 0 Å². The molecule has 3 nitrogen and oxygen atoms in total. The predicted octanol–water partition coefficient (Wildman–Crippen LogP) is 3.34. The van der Waals surface area contributed by atoms with E-state index in [0.717, 1.165) is 18.4 Å². The fourth-order valence-electron chi connectivity index (χ4n) is 2.53. The van der Waals surface area contributed by atoms with Crippen LogP contribution in [-0.2, 0) is 4.79 Å². The summed E-state index contributed by atoms with van der Waals surface area (Å²) in [6.07, 6.45) is 1.86. The molecule has 0 spiro atoms. The normalized spacial score (nSPS) is 13.5. The van der Waals surface area contributed by atoms with Crippen molar-refractivity contribution < 1.29 is 4.79 Å². The Morgan fingerprint density at radius 3 is 2.38 bits per heavy atom. The van der Waals surface area contributed by atoms with Crippen molar-refractivity contribution in [1.82, 2.24) is 4.90 Å². The summed E-state index contributed by atoms with van der Waals surface area (Å²) in [7, 11) is 0. The van der Waals surface area contributed by atoms with Gasteiger partial charge in [0.15, 0.2) is 0 Å². The zero-order valence-electron chi connectivity index (χ0n) is 13.2. The van der Waals surface area contributed by atoms with E-state index in [0.29, 0.717) is 18.1 Å². The van der Waals surface area contributed by atoms with Gasteiger partial charge < -0.3 is 10.6 Å². The Morgan fingerprint density at radius 2 is 1.90 bits per heavy atom. The van der Waals surface area contributed by atoms with E-state index in [1.807, 2.05) is 30.3 Å². The minimum atomic E-state index is -0.128. The van der Waals surface area contributed by atoms with Crippen molar-refractivity contribution in [2.24, 2.45) is 11.7 Å². The van der Waals surface area contributed by atoms with Crippen LogP contribution in [0, 0.1) is 5.92 Å². The molecule has 116 valence electrons. The van der Waals surface area contributed by atoms with Gasteiger partial charge in [-0.2, -0.15) is 0 Å². The van der Waals surface area contributed by atoms with Gasteiger partial charge in [-0.15, -0.1) is 0 Å². The van der Waals surface area contributed by atoms with Gasteiger partial charge >= 0.3 is 0 Å². The number of benzene rings is 1. The third-order valence-corrected chi connectivity index (χ3v) is 3.92. The highest BCUT2D eigenvalue weighted by molar-refractivity contribution is 7.80. The number of carbonyl (C=O) groups excluding carboxylic acids is 1. The van der Waals surface area contributed by atoms with E-state index in [4.69, 9.17) is 18.0 Å². The summed E-state index contributed by atoms with van der Waals surface area (Å²) in [5.74, 6) is 0.285. The van der Waals surface area contributed by atoms with E-state index in [-0.39, 0.29) is 17.7 Å². The number of hydrogen-bond acceptors (Lipinski definition) is 2. The second-order valence-electron chi connectivity index (χ2n) is 5.50. The Bertz CT molecular complexity index is 461. The molecule has 0 radical (unpaired) electrons. The van der Waals surface area contributed by atoms with Gasteiger partial charge in [-0.3, -0.25) is 4.79 Å². The number of carbonyl (C=O) groups is 1. The summed E-state index contributed by atoms with van der Waals surface area (Å²) >= 11 is 4.99. The van der Waals surface area contributed by atoms with Crippen LogP contribution in [-0.4, -0.2) is 28.9 Å². The van der Waals surface area contributed by atoms with Crippen molar-refractivity contribution in [2.45, 2.75) is 39.5 Å². The van der Waals surface area contributed by atoms with Crippen LogP contribution in [0.25, 0.3) is 0 Å². The molecule has 1 rings (SSSR count). The lowest BCUT2D eigenvalue weighted by Gasteiger charge is -2.30. The SMILES string of the molecule is CCCN(CC(N)=S)C(=O)C(c1ccccc1)C(C)CC. The maximum absolute atomic E-state index is 13.0. The summed E-state index contributed by atoms with van der Waals surface area (Å²) in [6.45, 7) is 7.35. The lowest BCUT2D eigenvalue weighted by Crippen LogP contribution is -2.42. The largest absolute Gasteiger partial charge is 0.392 e. The molecule has 4 heteroatoms. The molecule has 0 aromatic heterocycles. The molecule has 1 amide bonds. The molecule has 0 saturated carbocycles. The zero-order chi connectivity index (χ0) is 15.8. The number of nitrogens with two attached hydrogens (primary N) is 1. The lowest BCUT2D eigenvalue weighted by molar-refractivity contribution is -0.133. The first-order chi connectivity index (χ1) is 10.0. The van der Waals surface area contributed by atoms with Crippen LogP contribution in [0.3, 0.4) is 0 Å². The molecular weight excluding hydrogens is 280 g/mol. The van der Waals surface area contributed by atoms with E-state index in [1.54, 1.807) is 4.90 Å². The number of thiocarbonyl (C=S) groups is 1. The molecule has 2 N–H and O–H groups in total. The molecule has 0 aliphatic rings. The zero-order valence-corrected chi connectivity index (χ0v) is 14.0. The first kappa shape index (κ1) is 17.6.